The molecule has 2 N–H and O–H groups in total. The summed E-state index contributed by atoms with van der Waals surface area (Å²) in [4.78, 5) is 15.6. The van der Waals surface area contributed by atoms with Gasteiger partial charge in [-0.3, -0.25) is 4.79 Å². The predicted octanol–water partition coefficient (Wildman–Crippen LogP) is 4.71. The average Bonchev–Trinajstić information content (AvgIpc) is 2.94. The maximum atomic E-state index is 11.0. The first kappa shape index (κ1) is 18.2. The number of nitrogens with zero attached hydrogens (tertiary/aromatic N) is 1. The van der Waals surface area contributed by atoms with Crippen molar-refractivity contribution < 1.29 is 9.90 Å². The minimum absolute atomic E-state index is 0.556. The molecule has 0 saturated carbocycles. The summed E-state index contributed by atoms with van der Waals surface area (Å²) in [6.07, 6.45) is 0.556. The molecule has 0 radical (unpaired) electrons. The van der Waals surface area contributed by atoms with Crippen LogP contribution < -0.4 is 5.32 Å². The lowest BCUT2D eigenvalue weighted by Gasteiger charge is -2.18. The Morgan fingerprint density at radius 1 is 1.39 bits per heavy atom. The predicted molar refractivity (Wildman–Crippen MR) is 95.3 cm³/mol. The third-order valence-electron chi connectivity index (χ3n) is 3.54. The monoisotopic (exact) mass is 372 g/mol. The molecular weight excluding hydrogens is 355 g/mol. The molecule has 1 aromatic heterocycles. The molecule has 124 valence electrons. The van der Waals surface area contributed by atoms with E-state index < -0.39 is 11.4 Å². The van der Waals surface area contributed by atoms with Gasteiger partial charge in [-0.25, -0.2) is 4.98 Å². The number of halogens is 2. The average molecular weight is 373 g/mol. The molecule has 23 heavy (non-hydrogen) atoms. The first-order chi connectivity index (χ1) is 10.8. The van der Waals surface area contributed by atoms with Crippen LogP contribution in [0.15, 0.2) is 23.6 Å². The van der Waals surface area contributed by atoms with Crippen LogP contribution in [0.1, 0.15) is 25.3 Å². The minimum Gasteiger partial charge on any atom is -0.481 e. The summed E-state index contributed by atoms with van der Waals surface area (Å²) in [6.45, 7) is 4.66. The Morgan fingerprint density at radius 2 is 2.13 bits per heavy atom. The first-order valence-electron chi connectivity index (χ1n) is 7.13. The molecule has 1 aromatic carbocycles. The van der Waals surface area contributed by atoms with Crippen molar-refractivity contribution in [3.63, 3.8) is 0 Å². The Hall–Kier alpha value is -1.14. The van der Waals surface area contributed by atoms with E-state index in [4.69, 9.17) is 28.3 Å². The second-order valence-electron chi connectivity index (χ2n) is 5.87. The molecule has 0 aliphatic rings. The number of hydrogen-bond donors (Lipinski definition) is 2. The van der Waals surface area contributed by atoms with E-state index in [0.29, 0.717) is 29.6 Å². The highest BCUT2D eigenvalue weighted by Gasteiger charge is 2.26. The standard InChI is InChI=1S/C16H18Cl2N2O2S/c1-16(2,15(21)22)5-6-19-8-14-20-13(9-23-14)11-7-10(17)3-4-12(11)18/h3-4,7,9,19H,5-6,8H2,1-2H3,(H,21,22). The molecule has 0 saturated heterocycles. The van der Waals surface area contributed by atoms with Crippen molar-refractivity contribution in [2.24, 2.45) is 5.41 Å². The second-order valence-corrected chi connectivity index (χ2v) is 7.65. The summed E-state index contributed by atoms with van der Waals surface area (Å²) >= 11 is 13.7. The molecular formula is C16H18Cl2N2O2S. The van der Waals surface area contributed by atoms with Crippen molar-refractivity contribution in [3.8, 4) is 11.3 Å². The van der Waals surface area contributed by atoms with E-state index in [0.717, 1.165) is 16.3 Å². The van der Waals surface area contributed by atoms with E-state index in [1.54, 1.807) is 32.0 Å². The van der Waals surface area contributed by atoms with Crippen LogP contribution in [0.25, 0.3) is 11.3 Å². The van der Waals surface area contributed by atoms with E-state index in [9.17, 15) is 4.79 Å². The van der Waals surface area contributed by atoms with Crippen LogP contribution in [-0.2, 0) is 11.3 Å². The van der Waals surface area contributed by atoms with Crippen LogP contribution in [0.5, 0.6) is 0 Å². The zero-order chi connectivity index (χ0) is 17.0. The SMILES string of the molecule is CC(C)(CCNCc1nc(-c2cc(Cl)ccc2Cl)cs1)C(=O)O. The maximum absolute atomic E-state index is 11.0. The summed E-state index contributed by atoms with van der Waals surface area (Å²) in [5, 5.41) is 16.4. The third kappa shape index (κ3) is 4.91. The molecule has 4 nitrogen and oxygen atoms in total. The van der Waals surface area contributed by atoms with Crippen molar-refractivity contribution in [2.75, 3.05) is 6.54 Å². The molecule has 0 amide bonds. The van der Waals surface area contributed by atoms with Crippen LogP contribution in [-0.4, -0.2) is 22.6 Å². The van der Waals surface area contributed by atoms with Crippen LogP contribution in [0.3, 0.4) is 0 Å². The molecule has 0 spiro atoms. The number of aromatic nitrogens is 1. The second kappa shape index (κ2) is 7.62. The minimum atomic E-state index is -0.786. The van der Waals surface area contributed by atoms with Crippen molar-refractivity contribution in [3.05, 3.63) is 38.6 Å². The quantitative estimate of drug-likeness (QED) is 0.690. The van der Waals surface area contributed by atoms with Gasteiger partial charge in [0, 0.05) is 22.5 Å². The van der Waals surface area contributed by atoms with Gasteiger partial charge in [-0.05, 0) is 45.0 Å². The van der Waals surface area contributed by atoms with E-state index in [1.807, 2.05) is 5.38 Å². The van der Waals surface area contributed by atoms with E-state index in [1.165, 1.54) is 11.3 Å². The van der Waals surface area contributed by atoms with Crippen LogP contribution in [0.4, 0.5) is 0 Å². The topological polar surface area (TPSA) is 62.2 Å². The van der Waals surface area contributed by atoms with Gasteiger partial charge >= 0.3 is 5.97 Å². The number of rotatable bonds is 7. The zero-order valence-corrected chi connectivity index (χ0v) is 15.2. The Labute approximate surface area is 149 Å². The van der Waals surface area contributed by atoms with Gasteiger partial charge in [0.05, 0.1) is 16.1 Å². The van der Waals surface area contributed by atoms with Gasteiger partial charge in [-0.1, -0.05) is 23.2 Å². The van der Waals surface area contributed by atoms with Gasteiger partial charge in [0.25, 0.3) is 0 Å². The highest BCUT2D eigenvalue weighted by molar-refractivity contribution is 7.09. The molecule has 2 rings (SSSR count). The number of hydrogen-bond acceptors (Lipinski definition) is 4. The number of benzene rings is 1. The smallest absolute Gasteiger partial charge is 0.309 e. The highest BCUT2D eigenvalue weighted by Crippen LogP contribution is 2.31. The lowest BCUT2D eigenvalue weighted by atomic mass is 9.90. The molecule has 0 fully saturated rings. The number of nitrogens with one attached hydrogen (secondary N) is 1. The number of thiazole rings is 1. The third-order valence-corrected chi connectivity index (χ3v) is 4.95. The van der Waals surface area contributed by atoms with Gasteiger partial charge in [0.15, 0.2) is 0 Å². The van der Waals surface area contributed by atoms with Gasteiger partial charge in [0.1, 0.15) is 5.01 Å². The summed E-state index contributed by atoms with van der Waals surface area (Å²) in [7, 11) is 0. The summed E-state index contributed by atoms with van der Waals surface area (Å²) in [5.74, 6) is -0.786. The van der Waals surface area contributed by atoms with Crippen LogP contribution in [0.2, 0.25) is 10.0 Å². The summed E-state index contributed by atoms with van der Waals surface area (Å²) < 4.78 is 0. The molecule has 0 unspecified atom stereocenters. The van der Waals surface area contributed by atoms with Gasteiger partial charge in [-0.2, -0.15) is 0 Å². The zero-order valence-electron chi connectivity index (χ0n) is 12.9. The van der Waals surface area contributed by atoms with Gasteiger partial charge < -0.3 is 10.4 Å². The van der Waals surface area contributed by atoms with Crippen LogP contribution in [0, 0.1) is 5.41 Å². The molecule has 2 aromatic rings. The lowest BCUT2D eigenvalue weighted by Crippen LogP contribution is -2.28. The van der Waals surface area contributed by atoms with Crippen molar-refractivity contribution >= 4 is 40.5 Å². The lowest BCUT2D eigenvalue weighted by molar-refractivity contribution is -0.147. The fourth-order valence-corrected chi connectivity index (χ4v) is 3.06. The van der Waals surface area contributed by atoms with Gasteiger partial charge in [0.2, 0.25) is 0 Å². The maximum Gasteiger partial charge on any atom is 0.309 e. The molecule has 0 aliphatic heterocycles. The highest BCUT2D eigenvalue weighted by atomic mass is 35.5. The molecule has 0 atom stereocenters. The van der Waals surface area contributed by atoms with E-state index in [-0.39, 0.29) is 0 Å². The van der Waals surface area contributed by atoms with Crippen LogP contribution >= 0.6 is 34.5 Å². The fourth-order valence-electron chi connectivity index (χ4n) is 1.91. The largest absolute Gasteiger partial charge is 0.481 e. The summed E-state index contributed by atoms with van der Waals surface area (Å²) in [6, 6.07) is 5.29. The number of carboxylic acid groups (broad SMARTS) is 1. The summed E-state index contributed by atoms with van der Waals surface area (Å²) in [5.41, 5.74) is 0.883. The van der Waals surface area contributed by atoms with E-state index >= 15 is 0 Å². The number of carbonyl (C=O) groups is 1. The Morgan fingerprint density at radius 3 is 2.83 bits per heavy atom. The Bertz CT molecular complexity index is 701. The molecule has 7 heteroatoms. The van der Waals surface area contributed by atoms with Gasteiger partial charge in [-0.15, -0.1) is 11.3 Å². The normalized spacial score (nSPS) is 11.7. The number of carboxylic acids is 1. The first-order valence-corrected chi connectivity index (χ1v) is 8.77. The molecule has 0 aliphatic carbocycles. The Balaban J connectivity index is 1.93. The van der Waals surface area contributed by atoms with E-state index in [2.05, 4.69) is 10.3 Å². The molecule has 1 heterocycles. The van der Waals surface area contributed by atoms with Crippen molar-refractivity contribution in [1.29, 1.82) is 0 Å². The van der Waals surface area contributed by atoms with Crippen molar-refractivity contribution in [1.82, 2.24) is 10.3 Å². The number of aliphatic carboxylic acids is 1. The molecule has 0 bridgehead atoms. The fraction of sp³-hybridized carbons (Fsp3) is 0.375. The van der Waals surface area contributed by atoms with Crippen molar-refractivity contribution in [2.45, 2.75) is 26.8 Å². The Kier molecular flexibility index (Phi) is 6.03.